The lowest BCUT2D eigenvalue weighted by molar-refractivity contribution is 0.0928. The van der Waals surface area contributed by atoms with Crippen LogP contribution in [-0.4, -0.2) is 6.10 Å². The second-order valence-corrected chi connectivity index (χ2v) is 3.83. The molecule has 0 N–H and O–H groups in total. The van der Waals surface area contributed by atoms with Gasteiger partial charge in [-0.3, -0.25) is 0 Å². The van der Waals surface area contributed by atoms with E-state index in [0.29, 0.717) is 12.0 Å². The van der Waals surface area contributed by atoms with Crippen LogP contribution in [0.4, 0.5) is 0 Å². The van der Waals surface area contributed by atoms with Crippen molar-refractivity contribution in [3.05, 3.63) is 23.5 Å². The summed E-state index contributed by atoms with van der Waals surface area (Å²) in [6.45, 7) is 4.37. The first-order valence-electron chi connectivity index (χ1n) is 4.85. The summed E-state index contributed by atoms with van der Waals surface area (Å²) in [5.41, 5.74) is 1.44. The fraction of sp³-hybridized carbons (Fsp3) is 0.636. The van der Waals surface area contributed by atoms with Crippen LogP contribution in [0.5, 0.6) is 0 Å². The van der Waals surface area contributed by atoms with Crippen molar-refractivity contribution in [3.63, 3.8) is 0 Å². The molecule has 1 aliphatic heterocycles. The van der Waals surface area contributed by atoms with Crippen molar-refractivity contribution in [1.29, 1.82) is 0 Å². The van der Waals surface area contributed by atoms with E-state index in [1.54, 1.807) is 0 Å². The number of ether oxygens (including phenoxy) is 1. The molecule has 0 spiro atoms. The van der Waals surface area contributed by atoms with Crippen molar-refractivity contribution >= 4 is 0 Å². The molecule has 0 aromatic carbocycles. The Morgan fingerprint density at radius 2 is 2.25 bits per heavy atom. The zero-order valence-corrected chi connectivity index (χ0v) is 7.84. The Labute approximate surface area is 74.1 Å². The average molecular weight is 164 g/mol. The van der Waals surface area contributed by atoms with Crippen molar-refractivity contribution in [1.82, 2.24) is 0 Å². The van der Waals surface area contributed by atoms with E-state index < -0.39 is 0 Å². The van der Waals surface area contributed by atoms with E-state index in [4.69, 9.17) is 4.74 Å². The van der Waals surface area contributed by atoms with Gasteiger partial charge >= 0.3 is 0 Å². The smallest absolute Gasteiger partial charge is 0.118 e. The lowest BCUT2D eigenvalue weighted by Gasteiger charge is -2.30. The highest BCUT2D eigenvalue weighted by molar-refractivity contribution is 5.31. The monoisotopic (exact) mass is 164 g/mol. The summed E-state index contributed by atoms with van der Waals surface area (Å²) in [6, 6.07) is 0. The fourth-order valence-electron chi connectivity index (χ4n) is 1.83. The van der Waals surface area contributed by atoms with Crippen LogP contribution in [0.3, 0.4) is 0 Å². The maximum absolute atomic E-state index is 5.80. The quantitative estimate of drug-likeness (QED) is 0.534. The summed E-state index contributed by atoms with van der Waals surface area (Å²) in [6.07, 6.45) is 8.66. The predicted octanol–water partition coefficient (Wildman–Crippen LogP) is 3.04. The first-order valence-corrected chi connectivity index (χ1v) is 4.85. The van der Waals surface area contributed by atoms with Crippen molar-refractivity contribution < 1.29 is 4.74 Å². The van der Waals surface area contributed by atoms with Crippen LogP contribution in [0.1, 0.15) is 33.1 Å². The fourth-order valence-corrected chi connectivity index (χ4v) is 1.83. The normalized spacial score (nSPS) is 34.5. The van der Waals surface area contributed by atoms with Gasteiger partial charge in [-0.25, -0.2) is 0 Å². The molecule has 2 aliphatic rings. The summed E-state index contributed by atoms with van der Waals surface area (Å²) in [4.78, 5) is 0. The highest BCUT2D eigenvalue weighted by atomic mass is 16.5. The van der Waals surface area contributed by atoms with E-state index in [1.165, 1.54) is 24.8 Å². The molecular weight excluding hydrogens is 148 g/mol. The molecule has 2 rings (SSSR count). The Kier molecular flexibility index (Phi) is 1.95. The Bertz CT molecular complexity index is 237. The third kappa shape index (κ3) is 1.28. The summed E-state index contributed by atoms with van der Waals surface area (Å²) >= 11 is 0. The van der Waals surface area contributed by atoms with E-state index in [1.807, 2.05) is 0 Å². The molecule has 0 fully saturated rings. The number of rotatable bonds is 0. The van der Waals surface area contributed by atoms with Crippen molar-refractivity contribution in [2.45, 2.75) is 39.2 Å². The lowest BCUT2D eigenvalue weighted by atomic mass is 9.91. The number of fused-ring (bicyclic) bond motifs is 1. The molecule has 1 heteroatoms. The summed E-state index contributed by atoms with van der Waals surface area (Å²) in [5, 5.41) is 0. The van der Waals surface area contributed by atoms with Gasteiger partial charge in [-0.2, -0.15) is 0 Å². The summed E-state index contributed by atoms with van der Waals surface area (Å²) in [5.74, 6) is 1.74. The maximum atomic E-state index is 5.80. The van der Waals surface area contributed by atoms with Crippen LogP contribution >= 0.6 is 0 Å². The molecule has 2 atom stereocenters. The highest BCUT2D eigenvalue weighted by Crippen LogP contribution is 2.32. The van der Waals surface area contributed by atoms with Gasteiger partial charge in [-0.05, 0) is 37.8 Å². The molecule has 0 bridgehead atoms. The Morgan fingerprint density at radius 3 is 3.08 bits per heavy atom. The maximum Gasteiger partial charge on any atom is 0.118 e. The van der Waals surface area contributed by atoms with E-state index in [-0.39, 0.29) is 0 Å². The third-order valence-electron chi connectivity index (χ3n) is 2.81. The van der Waals surface area contributed by atoms with Crippen molar-refractivity contribution in [2.75, 3.05) is 0 Å². The Balaban J connectivity index is 2.27. The summed E-state index contributed by atoms with van der Waals surface area (Å²) < 4.78 is 5.80. The Hall–Kier alpha value is -0.720. The molecular formula is C11H16O. The lowest BCUT2D eigenvalue weighted by Crippen LogP contribution is -2.23. The molecule has 0 saturated heterocycles. The Morgan fingerprint density at radius 1 is 1.42 bits per heavy atom. The molecule has 0 saturated carbocycles. The molecule has 1 aliphatic carbocycles. The van der Waals surface area contributed by atoms with Crippen LogP contribution < -0.4 is 0 Å². The van der Waals surface area contributed by atoms with Gasteiger partial charge in [0.2, 0.25) is 0 Å². The van der Waals surface area contributed by atoms with Crippen LogP contribution in [-0.2, 0) is 4.74 Å². The minimum absolute atomic E-state index is 0.359. The molecule has 1 nitrogen and oxygen atoms in total. The SMILES string of the molecule is C[C@H]1C=C2CCCC=C2O[C@@H]1C. The van der Waals surface area contributed by atoms with Gasteiger partial charge < -0.3 is 4.74 Å². The number of hydrogen-bond donors (Lipinski definition) is 0. The van der Waals surface area contributed by atoms with Crippen LogP contribution in [0.25, 0.3) is 0 Å². The topological polar surface area (TPSA) is 9.23 Å². The molecule has 0 radical (unpaired) electrons. The van der Waals surface area contributed by atoms with Gasteiger partial charge in [0.15, 0.2) is 0 Å². The zero-order chi connectivity index (χ0) is 8.55. The standard InChI is InChI=1S/C11H16O/c1-8-7-10-5-3-4-6-11(10)12-9(8)2/h6-9H,3-5H2,1-2H3/t8-,9+/m0/s1. The highest BCUT2D eigenvalue weighted by Gasteiger charge is 2.23. The first kappa shape index (κ1) is 7.90. The molecule has 0 aromatic rings. The van der Waals surface area contributed by atoms with E-state index in [9.17, 15) is 0 Å². The molecule has 0 amide bonds. The van der Waals surface area contributed by atoms with E-state index in [0.717, 1.165) is 5.76 Å². The van der Waals surface area contributed by atoms with Gasteiger partial charge in [0, 0.05) is 5.92 Å². The summed E-state index contributed by atoms with van der Waals surface area (Å²) in [7, 11) is 0. The second kappa shape index (κ2) is 2.96. The minimum atomic E-state index is 0.359. The van der Waals surface area contributed by atoms with Crippen molar-refractivity contribution in [3.8, 4) is 0 Å². The zero-order valence-electron chi connectivity index (χ0n) is 7.84. The van der Waals surface area contributed by atoms with Gasteiger partial charge in [0.25, 0.3) is 0 Å². The van der Waals surface area contributed by atoms with Gasteiger partial charge in [-0.1, -0.05) is 13.0 Å². The van der Waals surface area contributed by atoms with Crippen LogP contribution in [0.2, 0.25) is 0 Å². The minimum Gasteiger partial charge on any atom is -0.490 e. The largest absolute Gasteiger partial charge is 0.490 e. The predicted molar refractivity (Wildman–Crippen MR) is 49.7 cm³/mol. The van der Waals surface area contributed by atoms with Gasteiger partial charge in [0.1, 0.15) is 11.9 Å². The van der Waals surface area contributed by atoms with Crippen LogP contribution in [0.15, 0.2) is 23.5 Å². The first-order chi connectivity index (χ1) is 5.77. The van der Waals surface area contributed by atoms with Crippen LogP contribution in [0, 0.1) is 5.92 Å². The second-order valence-electron chi connectivity index (χ2n) is 3.83. The molecule has 0 unspecified atom stereocenters. The van der Waals surface area contributed by atoms with Gasteiger partial charge in [0.05, 0.1) is 0 Å². The molecule has 1 heterocycles. The number of allylic oxidation sites excluding steroid dienone is 2. The van der Waals surface area contributed by atoms with E-state index in [2.05, 4.69) is 26.0 Å². The molecule has 66 valence electrons. The van der Waals surface area contributed by atoms with E-state index >= 15 is 0 Å². The average Bonchev–Trinajstić information content (AvgIpc) is 2.07. The molecule has 12 heavy (non-hydrogen) atoms. The molecule has 0 aromatic heterocycles. The van der Waals surface area contributed by atoms with Gasteiger partial charge in [-0.15, -0.1) is 0 Å². The van der Waals surface area contributed by atoms with Crippen molar-refractivity contribution in [2.24, 2.45) is 5.92 Å². The number of hydrogen-bond acceptors (Lipinski definition) is 1. The third-order valence-corrected chi connectivity index (χ3v) is 2.81.